The lowest BCUT2D eigenvalue weighted by molar-refractivity contribution is 0.0599. The Hall–Kier alpha value is -1.76. The predicted molar refractivity (Wildman–Crippen MR) is 87.8 cm³/mol. The van der Waals surface area contributed by atoms with Gasteiger partial charge in [-0.3, -0.25) is 0 Å². The molecule has 4 nitrogen and oxygen atoms in total. The van der Waals surface area contributed by atoms with Crippen molar-refractivity contribution in [3.8, 4) is 11.5 Å². The summed E-state index contributed by atoms with van der Waals surface area (Å²) in [5.74, 6) is 0.736. The Morgan fingerprint density at radius 2 is 1.81 bits per heavy atom. The third-order valence-corrected chi connectivity index (χ3v) is 3.98. The highest BCUT2D eigenvalue weighted by Crippen LogP contribution is 2.35. The molecule has 0 unspecified atom stereocenters. The number of esters is 1. The Labute approximate surface area is 137 Å². The van der Waals surface area contributed by atoms with Crippen LogP contribution in [-0.2, 0) is 11.3 Å². The summed E-state index contributed by atoms with van der Waals surface area (Å²) in [6.07, 6.45) is 0. The van der Waals surface area contributed by atoms with Crippen molar-refractivity contribution in [3.05, 3.63) is 57.2 Å². The fourth-order valence-corrected chi connectivity index (χ4v) is 2.73. The number of ether oxygens (including phenoxy) is 3. The normalized spacial score (nSPS) is 10.0. The molecule has 0 atom stereocenters. The first-order chi connectivity index (χ1) is 10.2. The molecule has 0 aromatic heterocycles. The van der Waals surface area contributed by atoms with Crippen LogP contribution in [0.1, 0.15) is 15.9 Å². The largest absolute Gasteiger partial charge is 0.492 e. The number of rotatable bonds is 5. The molecule has 0 amide bonds. The van der Waals surface area contributed by atoms with E-state index in [1.165, 1.54) is 7.11 Å². The van der Waals surface area contributed by atoms with Crippen LogP contribution in [0.2, 0.25) is 0 Å². The zero-order valence-corrected chi connectivity index (χ0v) is 13.9. The molecule has 0 aliphatic heterocycles. The van der Waals surface area contributed by atoms with Crippen molar-refractivity contribution in [3.63, 3.8) is 0 Å². The summed E-state index contributed by atoms with van der Waals surface area (Å²) in [4.78, 5) is 11.7. The van der Waals surface area contributed by atoms with E-state index in [4.69, 9.17) is 14.2 Å². The minimum absolute atomic E-state index is 0.396. The SMILES string of the molecule is COC(=O)c1ccc(OCc2ccccc2)c(OC)c1I. The van der Waals surface area contributed by atoms with Gasteiger partial charge in [-0.1, -0.05) is 30.3 Å². The van der Waals surface area contributed by atoms with Gasteiger partial charge in [0.15, 0.2) is 11.5 Å². The van der Waals surface area contributed by atoms with E-state index in [9.17, 15) is 4.79 Å². The smallest absolute Gasteiger partial charge is 0.339 e. The van der Waals surface area contributed by atoms with E-state index in [-0.39, 0.29) is 0 Å². The summed E-state index contributed by atoms with van der Waals surface area (Å²) in [6, 6.07) is 13.2. The van der Waals surface area contributed by atoms with Gasteiger partial charge in [-0.05, 0) is 40.3 Å². The quantitative estimate of drug-likeness (QED) is 0.570. The van der Waals surface area contributed by atoms with Crippen LogP contribution in [0.15, 0.2) is 42.5 Å². The van der Waals surface area contributed by atoms with Crippen LogP contribution in [0.4, 0.5) is 0 Å². The van der Waals surface area contributed by atoms with Crippen LogP contribution in [0.3, 0.4) is 0 Å². The van der Waals surface area contributed by atoms with Crippen molar-refractivity contribution >= 4 is 28.6 Å². The fraction of sp³-hybridized carbons (Fsp3) is 0.188. The molecule has 2 aromatic carbocycles. The minimum atomic E-state index is -0.396. The first-order valence-electron chi connectivity index (χ1n) is 6.29. The van der Waals surface area contributed by atoms with Gasteiger partial charge in [-0.25, -0.2) is 4.79 Å². The van der Waals surface area contributed by atoms with E-state index in [1.54, 1.807) is 19.2 Å². The summed E-state index contributed by atoms with van der Waals surface area (Å²) in [7, 11) is 2.90. The molecule has 0 radical (unpaired) electrons. The van der Waals surface area contributed by atoms with Crippen LogP contribution in [-0.4, -0.2) is 20.2 Å². The zero-order valence-electron chi connectivity index (χ0n) is 11.8. The van der Waals surface area contributed by atoms with Crippen molar-refractivity contribution in [1.29, 1.82) is 0 Å². The van der Waals surface area contributed by atoms with Gasteiger partial charge in [-0.2, -0.15) is 0 Å². The van der Waals surface area contributed by atoms with Crippen LogP contribution in [0.5, 0.6) is 11.5 Å². The molecule has 0 saturated carbocycles. The topological polar surface area (TPSA) is 44.8 Å². The van der Waals surface area contributed by atoms with Crippen LogP contribution < -0.4 is 9.47 Å². The molecule has 0 N–H and O–H groups in total. The van der Waals surface area contributed by atoms with Crippen molar-refractivity contribution in [2.75, 3.05) is 14.2 Å². The lowest BCUT2D eigenvalue weighted by Crippen LogP contribution is -2.06. The predicted octanol–water partition coefficient (Wildman–Crippen LogP) is 3.67. The van der Waals surface area contributed by atoms with E-state index in [0.29, 0.717) is 27.2 Å². The van der Waals surface area contributed by atoms with Gasteiger partial charge in [0, 0.05) is 0 Å². The van der Waals surface area contributed by atoms with Crippen LogP contribution in [0, 0.1) is 3.57 Å². The van der Waals surface area contributed by atoms with Crippen LogP contribution in [0.25, 0.3) is 0 Å². The third kappa shape index (κ3) is 3.66. The van der Waals surface area contributed by atoms with Gasteiger partial charge < -0.3 is 14.2 Å². The molecule has 2 rings (SSSR count). The van der Waals surface area contributed by atoms with Crippen molar-refractivity contribution in [2.24, 2.45) is 0 Å². The second-order valence-corrected chi connectivity index (χ2v) is 5.30. The second kappa shape index (κ2) is 7.31. The molecule has 0 aliphatic carbocycles. The van der Waals surface area contributed by atoms with E-state index in [0.717, 1.165) is 5.56 Å². The highest BCUT2D eigenvalue weighted by Gasteiger charge is 2.18. The average molecular weight is 398 g/mol. The Balaban J connectivity index is 2.24. The zero-order chi connectivity index (χ0) is 15.2. The van der Waals surface area contributed by atoms with Gasteiger partial charge in [0.1, 0.15) is 6.61 Å². The number of hydrogen-bond donors (Lipinski definition) is 0. The van der Waals surface area contributed by atoms with E-state index in [1.807, 2.05) is 30.3 Å². The first kappa shape index (κ1) is 15.6. The summed E-state index contributed by atoms with van der Waals surface area (Å²) in [5.41, 5.74) is 1.52. The summed E-state index contributed by atoms with van der Waals surface area (Å²) >= 11 is 2.05. The van der Waals surface area contributed by atoms with Gasteiger partial charge in [0.25, 0.3) is 0 Å². The third-order valence-electron chi connectivity index (χ3n) is 2.91. The molecule has 21 heavy (non-hydrogen) atoms. The maximum Gasteiger partial charge on any atom is 0.339 e. The van der Waals surface area contributed by atoms with E-state index >= 15 is 0 Å². The Kier molecular flexibility index (Phi) is 5.44. The molecule has 0 bridgehead atoms. The molecular weight excluding hydrogens is 383 g/mol. The van der Waals surface area contributed by atoms with Gasteiger partial charge in [0.2, 0.25) is 0 Å². The molecule has 110 valence electrons. The monoisotopic (exact) mass is 398 g/mol. The lowest BCUT2D eigenvalue weighted by atomic mass is 10.2. The van der Waals surface area contributed by atoms with Gasteiger partial charge in [-0.15, -0.1) is 0 Å². The number of benzene rings is 2. The number of carbonyl (C=O) groups excluding carboxylic acids is 1. The molecule has 5 heteroatoms. The molecule has 0 fully saturated rings. The Morgan fingerprint density at radius 3 is 2.43 bits per heavy atom. The number of carbonyl (C=O) groups is 1. The molecule has 0 saturated heterocycles. The fourth-order valence-electron chi connectivity index (χ4n) is 1.85. The Morgan fingerprint density at radius 1 is 1.10 bits per heavy atom. The molecule has 0 aliphatic rings. The standard InChI is InChI=1S/C16H15IO4/c1-19-15-13(21-10-11-6-4-3-5-7-11)9-8-12(14(15)17)16(18)20-2/h3-9H,10H2,1-2H3. The number of methoxy groups -OCH3 is 2. The second-order valence-electron chi connectivity index (χ2n) is 4.22. The summed E-state index contributed by atoms with van der Waals surface area (Å²) in [6.45, 7) is 0.435. The van der Waals surface area contributed by atoms with Gasteiger partial charge in [0.05, 0.1) is 23.4 Å². The molecular formula is C16H15IO4. The highest BCUT2D eigenvalue weighted by atomic mass is 127. The minimum Gasteiger partial charge on any atom is -0.492 e. The Bertz CT molecular complexity index is 626. The van der Waals surface area contributed by atoms with E-state index in [2.05, 4.69) is 22.6 Å². The highest BCUT2D eigenvalue weighted by molar-refractivity contribution is 14.1. The van der Waals surface area contributed by atoms with Crippen LogP contribution >= 0.6 is 22.6 Å². The number of halogens is 1. The molecule has 2 aromatic rings. The van der Waals surface area contributed by atoms with Crippen molar-refractivity contribution < 1.29 is 19.0 Å². The summed E-state index contributed by atoms with van der Waals surface area (Å²) < 4.78 is 16.6. The average Bonchev–Trinajstić information content (AvgIpc) is 2.53. The maximum atomic E-state index is 11.7. The van der Waals surface area contributed by atoms with E-state index < -0.39 is 5.97 Å². The summed E-state index contributed by atoms with van der Waals surface area (Å²) in [5, 5.41) is 0. The maximum absolute atomic E-state index is 11.7. The van der Waals surface area contributed by atoms with Crippen molar-refractivity contribution in [2.45, 2.75) is 6.61 Å². The van der Waals surface area contributed by atoms with Crippen molar-refractivity contribution in [1.82, 2.24) is 0 Å². The number of hydrogen-bond acceptors (Lipinski definition) is 4. The molecule has 0 spiro atoms. The first-order valence-corrected chi connectivity index (χ1v) is 7.36. The molecule has 0 heterocycles. The van der Waals surface area contributed by atoms with Gasteiger partial charge >= 0.3 is 5.97 Å². The lowest BCUT2D eigenvalue weighted by Gasteiger charge is -2.14.